The number of aryl methyl sites for hydroxylation is 1. The van der Waals surface area contributed by atoms with Crippen LogP contribution in [0.5, 0.6) is 0 Å². The molecule has 1 amide bonds. The number of anilines is 1. The first-order chi connectivity index (χ1) is 9.15. The van der Waals surface area contributed by atoms with Gasteiger partial charge in [0.15, 0.2) is 0 Å². The number of halogens is 1. The summed E-state index contributed by atoms with van der Waals surface area (Å²) in [5, 5.41) is 6.28. The number of nitrogens with one attached hydrogen (secondary N) is 2. The van der Waals surface area contributed by atoms with E-state index in [0.717, 1.165) is 48.4 Å². The van der Waals surface area contributed by atoms with Gasteiger partial charge in [-0.25, -0.2) is 0 Å². The van der Waals surface area contributed by atoms with E-state index < -0.39 is 0 Å². The molecule has 5 heteroatoms. The van der Waals surface area contributed by atoms with Crippen molar-refractivity contribution in [3.05, 3.63) is 28.2 Å². The van der Waals surface area contributed by atoms with E-state index in [1.807, 2.05) is 25.1 Å². The molecule has 4 nitrogen and oxygen atoms in total. The van der Waals surface area contributed by atoms with Crippen LogP contribution in [0.3, 0.4) is 0 Å². The lowest BCUT2D eigenvalue weighted by atomic mass is 10.2. The molecule has 2 N–H and O–H groups in total. The minimum atomic E-state index is 0.0870. The highest BCUT2D eigenvalue weighted by Gasteiger charge is 2.11. The van der Waals surface area contributed by atoms with Crippen molar-refractivity contribution in [2.45, 2.75) is 13.3 Å². The summed E-state index contributed by atoms with van der Waals surface area (Å²) in [6.45, 7) is 6.94. The van der Waals surface area contributed by atoms with Crippen LogP contribution < -0.4 is 10.6 Å². The van der Waals surface area contributed by atoms with Crippen LogP contribution in [0.4, 0.5) is 5.69 Å². The van der Waals surface area contributed by atoms with Crippen LogP contribution in [0.15, 0.2) is 22.7 Å². The zero-order valence-electron chi connectivity index (χ0n) is 11.2. The van der Waals surface area contributed by atoms with E-state index in [9.17, 15) is 4.79 Å². The lowest BCUT2D eigenvalue weighted by Gasteiger charge is -2.26. The van der Waals surface area contributed by atoms with Crippen LogP contribution in [-0.4, -0.2) is 43.5 Å². The number of piperazine rings is 1. The molecule has 2 rings (SSSR count). The molecule has 1 fully saturated rings. The van der Waals surface area contributed by atoms with E-state index in [1.165, 1.54) is 0 Å². The van der Waals surface area contributed by atoms with Crippen LogP contribution in [0, 0.1) is 6.92 Å². The van der Waals surface area contributed by atoms with Gasteiger partial charge >= 0.3 is 0 Å². The maximum Gasteiger partial charge on any atom is 0.225 e. The van der Waals surface area contributed by atoms with Crippen LogP contribution in [0.1, 0.15) is 12.0 Å². The summed E-state index contributed by atoms with van der Waals surface area (Å²) >= 11 is 3.42. The molecule has 0 bridgehead atoms. The van der Waals surface area contributed by atoms with Gasteiger partial charge in [0.25, 0.3) is 0 Å². The standard InChI is InChI=1S/C14H20BrN3O/c1-11-10-12(15)2-3-13(11)17-14(19)4-7-18-8-5-16-6-9-18/h2-3,10,16H,4-9H2,1H3,(H,17,19). The van der Waals surface area contributed by atoms with Crippen molar-refractivity contribution in [1.82, 2.24) is 10.2 Å². The van der Waals surface area contributed by atoms with Crippen molar-refractivity contribution in [2.75, 3.05) is 38.0 Å². The van der Waals surface area contributed by atoms with Gasteiger partial charge in [-0.3, -0.25) is 4.79 Å². The normalized spacial score (nSPS) is 16.3. The summed E-state index contributed by atoms with van der Waals surface area (Å²) in [4.78, 5) is 14.3. The summed E-state index contributed by atoms with van der Waals surface area (Å²) in [7, 11) is 0. The smallest absolute Gasteiger partial charge is 0.225 e. The molecule has 1 saturated heterocycles. The molecule has 104 valence electrons. The Morgan fingerprint density at radius 1 is 1.42 bits per heavy atom. The van der Waals surface area contributed by atoms with E-state index in [4.69, 9.17) is 0 Å². The van der Waals surface area contributed by atoms with Gasteiger partial charge < -0.3 is 15.5 Å². The summed E-state index contributed by atoms with van der Waals surface area (Å²) in [5.41, 5.74) is 1.97. The molecular formula is C14H20BrN3O. The molecule has 0 spiro atoms. The number of carbonyl (C=O) groups excluding carboxylic acids is 1. The number of hydrogen-bond donors (Lipinski definition) is 2. The lowest BCUT2D eigenvalue weighted by molar-refractivity contribution is -0.116. The molecule has 0 aliphatic carbocycles. The minimum absolute atomic E-state index is 0.0870. The van der Waals surface area contributed by atoms with Crippen LogP contribution in [0.2, 0.25) is 0 Å². The Hall–Kier alpha value is -0.910. The number of nitrogens with zero attached hydrogens (tertiary/aromatic N) is 1. The number of carbonyl (C=O) groups is 1. The largest absolute Gasteiger partial charge is 0.326 e. The predicted octanol–water partition coefficient (Wildman–Crippen LogP) is 1.99. The fraction of sp³-hybridized carbons (Fsp3) is 0.500. The van der Waals surface area contributed by atoms with E-state index in [2.05, 4.69) is 31.5 Å². The quantitative estimate of drug-likeness (QED) is 0.889. The van der Waals surface area contributed by atoms with Gasteiger partial charge in [0.05, 0.1) is 0 Å². The van der Waals surface area contributed by atoms with Crippen LogP contribution in [-0.2, 0) is 4.79 Å². The second kappa shape index (κ2) is 7.03. The van der Waals surface area contributed by atoms with Gasteiger partial charge in [0, 0.05) is 49.3 Å². The van der Waals surface area contributed by atoms with Crippen molar-refractivity contribution < 1.29 is 4.79 Å². The van der Waals surface area contributed by atoms with Gasteiger partial charge in [-0.1, -0.05) is 15.9 Å². The number of amides is 1. The van der Waals surface area contributed by atoms with Crippen LogP contribution >= 0.6 is 15.9 Å². The average Bonchev–Trinajstić information content (AvgIpc) is 2.41. The molecule has 1 aromatic rings. The lowest BCUT2D eigenvalue weighted by Crippen LogP contribution is -2.44. The van der Waals surface area contributed by atoms with Gasteiger partial charge in [0.1, 0.15) is 0 Å². The highest BCUT2D eigenvalue weighted by molar-refractivity contribution is 9.10. The van der Waals surface area contributed by atoms with E-state index in [-0.39, 0.29) is 5.91 Å². The topological polar surface area (TPSA) is 44.4 Å². The maximum absolute atomic E-state index is 11.9. The zero-order chi connectivity index (χ0) is 13.7. The number of benzene rings is 1. The van der Waals surface area contributed by atoms with Gasteiger partial charge in [0.2, 0.25) is 5.91 Å². The molecule has 0 saturated carbocycles. The van der Waals surface area contributed by atoms with Crippen molar-refractivity contribution in [3.8, 4) is 0 Å². The van der Waals surface area contributed by atoms with Crippen molar-refractivity contribution in [3.63, 3.8) is 0 Å². The van der Waals surface area contributed by atoms with Gasteiger partial charge in [-0.05, 0) is 30.7 Å². The first-order valence-corrected chi connectivity index (χ1v) is 7.43. The Labute approximate surface area is 122 Å². The average molecular weight is 326 g/mol. The van der Waals surface area contributed by atoms with E-state index >= 15 is 0 Å². The molecule has 1 aliphatic rings. The molecular weight excluding hydrogens is 306 g/mol. The third kappa shape index (κ3) is 4.60. The monoisotopic (exact) mass is 325 g/mol. The van der Waals surface area contributed by atoms with Gasteiger partial charge in [-0.2, -0.15) is 0 Å². The fourth-order valence-corrected chi connectivity index (χ4v) is 2.65. The number of rotatable bonds is 4. The first-order valence-electron chi connectivity index (χ1n) is 6.64. The Balaban J connectivity index is 1.80. The SMILES string of the molecule is Cc1cc(Br)ccc1NC(=O)CCN1CCNCC1. The molecule has 0 atom stereocenters. The summed E-state index contributed by atoms with van der Waals surface area (Å²) in [5.74, 6) is 0.0870. The summed E-state index contributed by atoms with van der Waals surface area (Å²) in [6, 6.07) is 5.88. The van der Waals surface area contributed by atoms with Crippen molar-refractivity contribution in [2.24, 2.45) is 0 Å². The first kappa shape index (κ1) is 14.5. The third-order valence-corrected chi connectivity index (χ3v) is 3.82. The molecule has 1 heterocycles. The predicted molar refractivity (Wildman–Crippen MR) is 81.4 cm³/mol. The molecule has 1 aromatic carbocycles. The fourth-order valence-electron chi connectivity index (χ4n) is 2.17. The minimum Gasteiger partial charge on any atom is -0.326 e. The number of hydrogen-bond acceptors (Lipinski definition) is 3. The second-order valence-corrected chi connectivity index (χ2v) is 5.76. The second-order valence-electron chi connectivity index (χ2n) is 4.85. The molecule has 0 aromatic heterocycles. The summed E-state index contributed by atoms with van der Waals surface area (Å²) in [6.07, 6.45) is 0.551. The Bertz CT molecular complexity index is 444. The molecule has 0 radical (unpaired) electrons. The zero-order valence-corrected chi connectivity index (χ0v) is 12.8. The van der Waals surface area contributed by atoms with E-state index in [1.54, 1.807) is 0 Å². The van der Waals surface area contributed by atoms with Crippen LogP contribution in [0.25, 0.3) is 0 Å². The summed E-state index contributed by atoms with van der Waals surface area (Å²) < 4.78 is 1.03. The highest BCUT2D eigenvalue weighted by Crippen LogP contribution is 2.20. The molecule has 1 aliphatic heterocycles. The van der Waals surface area contributed by atoms with E-state index in [0.29, 0.717) is 6.42 Å². The third-order valence-electron chi connectivity index (χ3n) is 3.33. The Morgan fingerprint density at radius 2 is 2.16 bits per heavy atom. The van der Waals surface area contributed by atoms with Crippen molar-refractivity contribution in [1.29, 1.82) is 0 Å². The molecule has 0 unspecified atom stereocenters. The maximum atomic E-state index is 11.9. The van der Waals surface area contributed by atoms with Crippen molar-refractivity contribution >= 4 is 27.5 Å². The Morgan fingerprint density at radius 3 is 2.84 bits per heavy atom. The highest BCUT2D eigenvalue weighted by atomic mass is 79.9. The Kier molecular flexibility index (Phi) is 5.36. The molecule has 19 heavy (non-hydrogen) atoms. The van der Waals surface area contributed by atoms with Gasteiger partial charge in [-0.15, -0.1) is 0 Å².